The Morgan fingerprint density at radius 3 is 1.24 bits per heavy atom. The highest BCUT2D eigenvalue weighted by Gasteiger charge is 2.02. The van der Waals surface area contributed by atoms with Crippen LogP contribution in [0.5, 0.6) is 0 Å². The molecule has 0 fully saturated rings. The van der Waals surface area contributed by atoms with Gasteiger partial charge in [-0.05, 0) is 103 Å². The predicted molar refractivity (Wildman–Crippen MR) is 257 cm³/mol. The van der Waals surface area contributed by atoms with E-state index in [1.807, 2.05) is 81.7 Å². The van der Waals surface area contributed by atoms with E-state index in [1.54, 1.807) is 30.9 Å². The first kappa shape index (κ1) is 54.4. The lowest BCUT2D eigenvalue weighted by Crippen LogP contribution is -1.94. The van der Waals surface area contributed by atoms with Crippen molar-refractivity contribution in [3.05, 3.63) is 171 Å². The van der Waals surface area contributed by atoms with E-state index < -0.39 is 0 Å². The summed E-state index contributed by atoms with van der Waals surface area (Å²) < 4.78 is 0. The van der Waals surface area contributed by atoms with E-state index in [1.165, 1.54) is 23.0 Å². The molecule has 5 heterocycles. The van der Waals surface area contributed by atoms with Crippen molar-refractivity contribution in [2.24, 2.45) is 0 Å². The number of nitriles is 2. The summed E-state index contributed by atoms with van der Waals surface area (Å²) in [7, 11) is 0. The Bertz CT molecular complexity index is 2010. The number of aromatic nitrogens is 7. The highest BCUT2D eigenvalue weighted by atomic mass is 35.5. The van der Waals surface area contributed by atoms with Crippen molar-refractivity contribution in [3.63, 3.8) is 0 Å². The fourth-order valence-electron chi connectivity index (χ4n) is 4.62. The van der Waals surface area contributed by atoms with Gasteiger partial charge in [0.2, 0.25) is 0 Å². The minimum atomic E-state index is 0.370. The molecule has 0 unspecified atom stereocenters. The van der Waals surface area contributed by atoms with Crippen LogP contribution in [0, 0.1) is 36.5 Å². The molecule has 0 saturated heterocycles. The average molecular weight is 875 g/mol. The van der Waals surface area contributed by atoms with Gasteiger partial charge >= 0.3 is 0 Å². The van der Waals surface area contributed by atoms with Crippen LogP contribution in [0.3, 0.4) is 0 Å². The Balaban J connectivity index is 0.000000372. The number of pyridine rings is 3. The van der Waals surface area contributed by atoms with E-state index in [0.29, 0.717) is 51.8 Å². The van der Waals surface area contributed by atoms with Crippen LogP contribution < -0.4 is 0 Å². The Labute approximate surface area is 382 Å². The molecule has 0 amide bonds. The summed E-state index contributed by atoms with van der Waals surface area (Å²) >= 11 is 11.4. The van der Waals surface area contributed by atoms with Gasteiger partial charge in [-0.15, -0.1) is 0 Å². The topological polar surface area (TPSA) is 138 Å². The van der Waals surface area contributed by atoms with Gasteiger partial charge < -0.3 is 0 Å². The molecular formula is C51H65Cl2N9. The lowest BCUT2D eigenvalue weighted by molar-refractivity contribution is 0.807. The Kier molecular flexibility index (Phi) is 26.0. The summed E-state index contributed by atoms with van der Waals surface area (Å²) in [5.41, 5.74) is 9.76. The zero-order chi connectivity index (χ0) is 46.8. The van der Waals surface area contributed by atoms with E-state index in [-0.39, 0.29) is 0 Å². The molecule has 0 aliphatic heterocycles. The van der Waals surface area contributed by atoms with E-state index in [4.69, 9.17) is 33.7 Å². The van der Waals surface area contributed by atoms with E-state index >= 15 is 0 Å². The molecule has 1 aromatic carbocycles. The van der Waals surface area contributed by atoms with Crippen molar-refractivity contribution < 1.29 is 0 Å². The van der Waals surface area contributed by atoms with Crippen LogP contribution in [0.15, 0.2) is 104 Å². The predicted octanol–water partition coefficient (Wildman–Crippen LogP) is 14.3. The summed E-state index contributed by atoms with van der Waals surface area (Å²) in [6, 6.07) is 23.6. The Morgan fingerprint density at radius 2 is 0.903 bits per heavy atom. The molecule has 0 aliphatic rings. The Morgan fingerprint density at radius 1 is 0.419 bits per heavy atom. The summed E-state index contributed by atoms with van der Waals surface area (Å²) in [5.74, 6) is 2.88. The lowest BCUT2D eigenvalue weighted by Gasteiger charge is -2.03. The summed E-state index contributed by atoms with van der Waals surface area (Å²) in [6.45, 7) is 29.3. The molecule has 0 atom stereocenters. The van der Waals surface area contributed by atoms with Crippen LogP contribution in [0.25, 0.3) is 0 Å². The first-order chi connectivity index (χ1) is 29.3. The standard InChI is InChI=1S/C9H11Cl.C9H10N2.C9H13N.C8H10ClN.C8H9N3.C8H12N2/c1-7(2)8-4-3-5-9(10)6-8;1-7(2)9-4-3-8(5-10)6-11-9;1-7(2)9-5-4-8(3)6-10-9;1-6(2)8-4-3-7(9)5-10-8;1-6(2)8-5-10-7(3-9)4-11-8;1-6(2)8-5-9-7(3)4-10-8/h3-7H,1-2H3;3-4,6-7H,1-2H3;4-7H,1-3H3;3-6H,1-2H3;4-6H,1-2H3;4-6H,1-3H3. The molecule has 0 bridgehead atoms. The van der Waals surface area contributed by atoms with Gasteiger partial charge in [0.25, 0.3) is 0 Å². The molecular weight excluding hydrogens is 810 g/mol. The molecule has 328 valence electrons. The van der Waals surface area contributed by atoms with Crippen molar-refractivity contribution in [1.82, 2.24) is 34.9 Å². The van der Waals surface area contributed by atoms with Crippen molar-refractivity contribution >= 4 is 23.2 Å². The molecule has 0 saturated carbocycles. The number of halogens is 2. The molecule has 0 spiro atoms. The van der Waals surface area contributed by atoms with Crippen molar-refractivity contribution in [1.29, 1.82) is 10.5 Å². The fourth-order valence-corrected chi connectivity index (χ4v) is 4.93. The molecule has 6 aromatic rings. The average Bonchev–Trinajstić information content (AvgIpc) is 3.25. The molecule has 11 heteroatoms. The molecule has 0 aliphatic carbocycles. The largest absolute Gasteiger partial charge is 0.261 e. The summed E-state index contributed by atoms with van der Waals surface area (Å²) in [4.78, 5) is 28.9. The number of nitrogens with zero attached hydrogens (tertiary/aromatic N) is 9. The molecule has 9 nitrogen and oxygen atoms in total. The summed E-state index contributed by atoms with van der Waals surface area (Å²) in [5, 5.41) is 18.4. The number of aryl methyl sites for hydroxylation is 2. The third kappa shape index (κ3) is 22.8. The third-order valence-corrected chi connectivity index (χ3v) is 9.12. The van der Waals surface area contributed by atoms with E-state index in [9.17, 15) is 0 Å². The van der Waals surface area contributed by atoms with Gasteiger partial charge in [0, 0.05) is 53.1 Å². The second kappa shape index (κ2) is 29.6. The highest BCUT2D eigenvalue weighted by Crippen LogP contribution is 2.18. The lowest BCUT2D eigenvalue weighted by atomic mass is 10.0. The minimum Gasteiger partial charge on any atom is -0.261 e. The van der Waals surface area contributed by atoms with Gasteiger partial charge in [-0.1, -0.05) is 124 Å². The molecule has 6 rings (SSSR count). The molecule has 62 heavy (non-hydrogen) atoms. The SMILES string of the molecule is CC(C)c1ccc(C#N)cn1.CC(C)c1ccc(Cl)cn1.CC(C)c1cccc(Cl)c1.CC(C)c1cnc(C#N)cn1.Cc1ccc(C(C)C)nc1.Cc1cnc(C(C)C)cn1. The van der Waals surface area contributed by atoms with Crippen LogP contribution in [0.4, 0.5) is 0 Å². The number of rotatable bonds is 6. The molecule has 0 radical (unpaired) electrons. The van der Waals surface area contributed by atoms with Gasteiger partial charge in [-0.25, -0.2) is 4.98 Å². The number of hydrogen-bond donors (Lipinski definition) is 0. The number of benzene rings is 1. The quantitative estimate of drug-likeness (QED) is 0.160. The van der Waals surface area contributed by atoms with E-state index in [0.717, 1.165) is 33.5 Å². The maximum Gasteiger partial charge on any atom is 0.158 e. The second-order valence-corrected chi connectivity index (χ2v) is 17.1. The van der Waals surface area contributed by atoms with Gasteiger partial charge in [0.05, 0.1) is 40.1 Å². The van der Waals surface area contributed by atoms with Gasteiger partial charge in [-0.2, -0.15) is 10.5 Å². The van der Waals surface area contributed by atoms with Crippen molar-refractivity contribution in [3.8, 4) is 12.1 Å². The van der Waals surface area contributed by atoms with Crippen LogP contribution in [0.1, 0.15) is 175 Å². The molecule has 5 aromatic heterocycles. The zero-order valence-electron chi connectivity index (χ0n) is 39.1. The zero-order valence-corrected chi connectivity index (χ0v) is 40.6. The maximum atomic E-state index is 8.48. The third-order valence-electron chi connectivity index (χ3n) is 8.66. The van der Waals surface area contributed by atoms with Gasteiger partial charge in [-0.3, -0.25) is 29.9 Å². The maximum absolute atomic E-state index is 8.48. The normalized spacial score (nSPS) is 10.1. The molecule has 0 N–H and O–H groups in total. The monoisotopic (exact) mass is 873 g/mol. The second-order valence-electron chi connectivity index (χ2n) is 16.2. The summed E-state index contributed by atoms with van der Waals surface area (Å²) in [6.07, 6.45) is 12.0. The smallest absolute Gasteiger partial charge is 0.158 e. The fraction of sp³-hybridized carbons (Fsp3) is 0.392. The van der Waals surface area contributed by atoms with Crippen LogP contribution >= 0.6 is 23.2 Å². The highest BCUT2D eigenvalue weighted by molar-refractivity contribution is 6.30. The van der Waals surface area contributed by atoms with Gasteiger partial charge in [0.1, 0.15) is 12.1 Å². The van der Waals surface area contributed by atoms with Crippen LogP contribution in [-0.2, 0) is 0 Å². The van der Waals surface area contributed by atoms with Crippen molar-refractivity contribution in [2.75, 3.05) is 0 Å². The minimum absolute atomic E-state index is 0.370. The number of hydrogen-bond acceptors (Lipinski definition) is 9. The van der Waals surface area contributed by atoms with Crippen LogP contribution in [0.2, 0.25) is 10.0 Å². The van der Waals surface area contributed by atoms with Gasteiger partial charge in [0.15, 0.2) is 5.69 Å². The van der Waals surface area contributed by atoms with E-state index in [2.05, 4.69) is 129 Å². The Hall–Kier alpha value is -5.61. The first-order valence-electron chi connectivity index (χ1n) is 20.9. The van der Waals surface area contributed by atoms with Crippen LogP contribution in [-0.4, -0.2) is 34.9 Å². The first-order valence-corrected chi connectivity index (χ1v) is 21.7. The van der Waals surface area contributed by atoms with Crippen molar-refractivity contribution in [2.45, 2.75) is 132 Å².